The van der Waals surface area contributed by atoms with Gasteiger partial charge in [0, 0.05) is 50.7 Å². The molecule has 4 amide bonds. The number of fused-ring (bicyclic) bond motifs is 1. The minimum absolute atomic E-state index is 0.0184. The highest BCUT2D eigenvalue weighted by molar-refractivity contribution is 5.83. The number of carbonyl (C=O) groups excluding carboxylic acids is 3. The van der Waals surface area contributed by atoms with Gasteiger partial charge in [-0.25, -0.2) is 4.79 Å². The molecule has 0 aromatic rings. The summed E-state index contributed by atoms with van der Waals surface area (Å²) in [5.74, 6) is 0.179. The molecule has 2 fully saturated rings. The van der Waals surface area contributed by atoms with Gasteiger partial charge in [0.05, 0.1) is 6.04 Å². The van der Waals surface area contributed by atoms with Crippen molar-refractivity contribution in [2.24, 2.45) is 0 Å². The third-order valence-corrected chi connectivity index (χ3v) is 5.19. The van der Waals surface area contributed by atoms with Crippen LogP contribution in [-0.2, 0) is 9.59 Å². The quantitative estimate of drug-likeness (QED) is 0.603. The molecule has 2 aliphatic heterocycles. The van der Waals surface area contributed by atoms with Crippen molar-refractivity contribution in [2.75, 3.05) is 26.2 Å². The normalized spacial score (nSPS) is 25.6. The van der Waals surface area contributed by atoms with Gasteiger partial charge in [0.1, 0.15) is 0 Å². The fraction of sp³-hybridized carbons (Fsp3) is 0.833. The first-order chi connectivity index (χ1) is 12.3. The van der Waals surface area contributed by atoms with Gasteiger partial charge >= 0.3 is 6.03 Å². The molecule has 0 aromatic carbocycles. The Labute approximate surface area is 156 Å². The Morgan fingerprint density at radius 3 is 2.62 bits per heavy atom. The highest BCUT2D eigenvalue weighted by Crippen LogP contribution is 2.26. The molecular formula is C18H33N5O3. The molecule has 0 aromatic heterocycles. The molecule has 0 saturated carbocycles. The van der Waals surface area contributed by atoms with E-state index in [4.69, 9.17) is 0 Å². The molecule has 2 saturated heterocycles. The van der Waals surface area contributed by atoms with Crippen molar-refractivity contribution in [3.63, 3.8) is 0 Å². The number of hydrogen-bond donors (Lipinski definition) is 3. The first-order valence-corrected chi connectivity index (χ1v) is 9.73. The molecule has 3 atom stereocenters. The molecule has 3 N–H and O–H groups in total. The summed E-state index contributed by atoms with van der Waals surface area (Å²) in [6.45, 7) is 10.4. The average molecular weight is 367 g/mol. The van der Waals surface area contributed by atoms with E-state index in [1.165, 1.54) is 0 Å². The summed E-state index contributed by atoms with van der Waals surface area (Å²) in [4.78, 5) is 40.4. The highest BCUT2D eigenvalue weighted by Gasteiger charge is 2.43. The fourth-order valence-electron chi connectivity index (χ4n) is 3.86. The lowest BCUT2D eigenvalue weighted by Crippen LogP contribution is -2.58. The molecule has 0 radical (unpaired) electrons. The molecule has 0 spiro atoms. The van der Waals surface area contributed by atoms with Crippen LogP contribution in [0.1, 0.15) is 47.0 Å². The topological polar surface area (TPSA) is 93.8 Å². The molecule has 0 aliphatic carbocycles. The Morgan fingerprint density at radius 1 is 1.31 bits per heavy atom. The van der Waals surface area contributed by atoms with Crippen molar-refractivity contribution in [1.82, 2.24) is 25.8 Å². The summed E-state index contributed by atoms with van der Waals surface area (Å²) in [6.07, 6.45) is 1.81. The number of nitrogens with zero attached hydrogens (tertiary/aromatic N) is 2. The summed E-state index contributed by atoms with van der Waals surface area (Å²) in [5.41, 5.74) is 0. The van der Waals surface area contributed by atoms with Crippen LogP contribution in [0.25, 0.3) is 0 Å². The van der Waals surface area contributed by atoms with E-state index in [2.05, 4.69) is 20.9 Å². The molecule has 0 bridgehead atoms. The monoisotopic (exact) mass is 367 g/mol. The summed E-state index contributed by atoms with van der Waals surface area (Å²) in [6, 6.07) is -0.262. The Morgan fingerprint density at radius 2 is 2.00 bits per heavy atom. The Kier molecular flexibility index (Phi) is 7.25. The first-order valence-electron chi connectivity index (χ1n) is 9.73. The van der Waals surface area contributed by atoms with Crippen LogP contribution >= 0.6 is 0 Å². The maximum Gasteiger partial charge on any atom is 0.315 e. The van der Waals surface area contributed by atoms with E-state index in [1.54, 1.807) is 0 Å². The summed E-state index contributed by atoms with van der Waals surface area (Å²) in [7, 11) is 0. The zero-order valence-electron chi connectivity index (χ0n) is 16.4. The third kappa shape index (κ3) is 5.09. The lowest BCUT2D eigenvalue weighted by Gasteiger charge is -2.37. The number of hydrogen-bond acceptors (Lipinski definition) is 4. The van der Waals surface area contributed by atoms with E-state index in [9.17, 15) is 14.4 Å². The van der Waals surface area contributed by atoms with Crippen molar-refractivity contribution < 1.29 is 14.4 Å². The standard InChI is InChI=1S/C18H33N5O3/c1-5-22(6-2)16(24)8-7-14-10-19-17(25)15-9-13(11-23(14)15)21-18(26)20-12(3)4/h12-15H,5-11H2,1-4H3,(H,19,25)(H2,20,21,26). The van der Waals surface area contributed by atoms with Gasteiger partial charge < -0.3 is 20.9 Å². The molecule has 8 nitrogen and oxygen atoms in total. The minimum Gasteiger partial charge on any atom is -0.353 e. The van der Waals surface area contributed by atoms with Crippen LogP contribution in [0, 0.1) is 0 Å². The number of urea groups is 1. The maximum atomic E-state index is 12.3. The van der Waals surface area contributed by atoms with E-state index in [-0.39, 0.29) is 42.0 Å². The molecule has 2 rings (SSSR count). The minimum atomic E-state index is -0.221. The van der Waals surface area contributed by atoms with Crippen LogP contribution in [-0.4, -0.2) is 78.0 Å². The summed E-state index contributed by atoms with van der Waals surface area (Å²) < 4.78 is 0. The highest BCUT2D eigenvalue weighted by atomic mass is 16.2. The van der Waals surface area contributed by atoms with E-state index >= 15 is 0 Å². The van der Waals surface area contributed by atoms with Gasteiger partial charge in [-0.05, 0) is 40.5 Å². The first kappa shape index (κ1) is 20.5. The van der Waals surface area contributed by atoms with Crippen molar-refractivity contribution in [3.8, 4) is 0 Å². The Hall–Kier alpha value is -1.83. The van der Waals surface area contributed by atoms with Crippen LogP contribution in [0.2, 0.25) is 0 Å². The zero-order chi connectivity index (χ0) is 19.3. The van der Waals surface area contributed by atoms with Crippen LogP contribution in [0.15, 0.2) is 0 Å². The third-order valence-electron chi connectivity index (χ3n) is 5.19. The Balaban J connectivity index is 1.91. The SMILES string of the molecule is CCN(CC)C(=O)CCC1CNC(=O)C2CC(NC(=O)NC(C)C)CN12. The van der Waals surface area contributed by atoms with Crippen molar-refractivity contribution in [2.45, 2.75) is 71.1 Å². The predicted molar refractivity (Wildman–Crippen MR) is 99.7 cm³/mol. The van der Waals surface area contributed by atoms with Crippen LogP contribution in [0.3, 0.4) is 0 Å². The number of rotatable bonds is 7. The molecular weight excluding hydrogens is 334 g/mol. The van der Waals surface area contributed by atoms with Gasteiger partial charge in [-0.2, -0.15) is 0 Å². The van der Waals surface area contributed by atoms with Gasteiger partial charge in [-0.3, -0.25) is 14.5 Å². The lowest BCUT2D eigenvalue weighted by atomic mass is 10.0. The van der Waals surface area contributed by atoms with Crippen molar-refractivity contribution in [1.29, 1.82) is 0 Å². The largest absolute Gasteiger partial charge is 0.353 e. The zero-order valence-corrected chi connectivity index (χ0v) is 16.4. The number of carbonyl (C=O) groups is 3. The molecule has 2 heterocycles. The van der Waals surface area contributed by atoms with Gasteiger partial charge in [0.25, 0.3) is 0 Å². The predicted octanol–water partition coefficient (Wildman–Crippen LogP) is 0.284. The van der Waals surface area contributed by atoms with Crippen LogP contribution < -0.4 is 16.0 Å². The molecule has 8 heteroatoms. The second-order valence-electron chi connectivity index (χ2n) is 7.42. The average Bonchev–Trinajstić information content (AvgIpc) is 2.99. The fourth-order valence-corrected chi connectivity index (χ4v) is 3.86. The van der Waals surface area contributed by atoms with Gasteiger partial charge in [-0.1, -0.05) is 0 Å². The number of amides is 4. The summed E-state index contributed by atoms with van der Waals surface area (Å²) >= 11 is 0. The van der Waals surface area contributed by atoms with E-state index in [0.29, 0.717) is 25.9 Å². The van der Waals surface area contributed by atoms with Crippen LogP contribution in [0.5, 0.6) is 0 Å². The second kappa shape index (κ2) is 9.21. The van der Waals surface area contributed by atoms with E-state index in [0.717, 1.165) is 19.5 Å². The van der Waals surface area contributed by atoms with Gasteiger partial charge in [0.2, 0.25) is 11.8 Å². The number of nitrogens with one attached hydrogen (secondary N) is 3. The molecule has 148 valence electrons. The van der Waals surface area contributed by atoms with Crippen LogP contribution in [0.4, 0.5) is 4.79 Å². The smallest absolute Gasteiger partial charge is 0.315 e. The molecule has 2 aliphatic rings. The van der Waals surface area contributed by atoms with Gasteiger partial charge in [0.15, 0.2) is 0 Å². The Bertz CT molecular complexity index is 521. The maximum absolute atomic E-state index is 12.3. The molecule has 26 heavy (non-hydrogen) atoms. The summed E-state index contributed by atoms with van der Waals surface area (Å²) in [5, 5.41) is 8.74. The lowest BCUT2D eigenvalue weighted by molar-refractivity contribution is -0.132. The molecule has 3 unspecified atom stereocenters. The van der Waals surface area contributed by atoms with Gasteiger partial charge in [-0.15, -0.1) is 0 Å². The van der Waals surface area contributed by atoms with E-state index in [1.807, 2.05) is 32.6 Å². The van der Waals surface area contributed by atoms with Crippen molar-refractivity contribution in [3.05, 3.63) is 0 Å². The van der Waals surface area contributed by atoms with Crippen molar-refractivity contribution >= 4 is 17.8 Å². The number of piperazine rings is 1. The second-order valence-corrected chi connectivity index (χ2v) is 7.42. The van der Waals surface area contributed by atoms with E-state index < -0.39 is 0 Å².